The molecule has 0 bridgehead atoms. The molecular formula is C22H18F2N4O2S. The number of thiophene rings is 1. The monoisotopic (exact) mass is 440 g/mol. The number of nitrogens with zero attached hydrogens (tertiary/aromatic N) is 3. The van der Waals surface area contributed by atoms with Gasteiger partial charge in [0.15, 0.2) is 17.1 Å². The highest BCUT2D eigenvalue weighted by molar-refractivity contribution is 7.15. The van der Waals surface area contributed by atoms with Crippen LogP contribution in [0.1, 0.15) is 17.7 Å². The minimum absolute atomic E-state index is 0.000764. The van der Waals surface area contributed by atoms with Crippen LogP contribution in [0.3, 0.4) is 0 Å². The fourth-order valence-corrected chi connectivity index (χ4v) is 5.17. The zero-order valence-corrected chi connectivity index (χ0v) is 17.2. The van der Waals surface area contributed by atoms with Gasteiger partial charge in [0.1, 0.15) is 0 Å². The lowest BCUT2D eigenvalue weighted by Gasteiger charge is -2.12. The van der Waals surface area contributed by atoms with Crippen LogP contribution in [0.25, 0.3) is 32.7 Å². The number of rotatable bonds is 4. The van der Waals surface area contributed by atoms with Gasteiger partial charge in [-0.2, -0.15) is 5.10 Å². The van der Waals surface area contributed by atoms with Gasteiger partial charge in [-0.15, -0.1) is 20.1 Å². The Morgan fingerprint density at radius 2 is 1.87 bits per heavy atom. The van der Waals surface area contributed by atoms with E-state index in [1.54, 1.807) is 17.4 Å². The molecule has 1 saturated heterocycles. The predicted molar refractivity (Wildman–Crippen MR) is 113 cm³/mol. The summed E-state index contributed by atoms with van der Waals surface area (Å²) in [5.74, 6) is 0.0136. The Balaban J connectivity index is 1.33. The van der Waals surface area contributed by atoms with E-state index in [0.29, 0.717) is 16.9 Å². The molecular weight excluding hydrogens is 422 g/mol. The molecule has 4 aromatic rings. The predicted octanol–water partition coefficient (Wildman–Crippen LogP) is 5.27. The number of fused-ring (bicyclic) bond motifs is 2. The van der Waals surface area contributed by atoms with Crippen LogP contribution in [0.2, 0.25) is 0 Å². The van der Waals surface area contributed by atoms with Crippen molar-refractivity contribution in [2.45, 2.75) is 25.7 Å². The molecule has 6 rings (SSSR count). The van der Waals surface area contributed by atoms with Gasteiger partial charge in [-0.05, 0) is 62.3 Å². The molecule has 2 aliphatic heterocycles. The van der Waals surface area contributed by atoms with Crippen LogP contribution in [-0.2, 0) is 6.54 Å². The Labute approximate surface area is 180 Å². The normalized spacial score (nSPS) is 17.6. The fraction of sp³-hybridized carbons (Fsp3) is 0.273. The first-order valence-corrected chi connectivity index (χ1v) is 10.9. The van der Waals surface area contributed by atoms with E-state index < -0.39 is 6.29 Å². The minimum Gasteiger partial charge on any atom is -0.395 e. The van der Waals surface area contributed by atoms with Gasteiger partial charge in [0.25, 0.3) is 0 Å². The molecule has 6 nitrogen and oxygen atoms in total. The van der Waals surface area contributed by atoms with Crippen LogP contribution in [0, 0.1) is 0 Å². The fourth-order valence-electron chi connectivity index (χ4n) is 4.14. The second-order valence-electron chi connectivity index (χ2n) is 7.77. The molecule has 31 heavy (non-hydrogen) atoms. The summed E-state index contributed by atoms with van der Waals surface area (Å²) in [6, 6.07) is 11.0. The number of hydrogen-bond acceptors (Lipinski definition) is 6. The van der Waals surface area contributed by atoms with Crippen molar-refractivity contribution in [3.63, 3.8) is 0 Å². The molecule has 1 N–H and O–H groups in total. The zero-order valence-electron chi connectivity index (χ0n) is 16.4. The van der Waals surface area contributed by atoms with Crippen LogP contribution in [0.5, 0.6) is 11.5 Å². The maximum absolute atomic E-state index is 13.4. The van der Waals surface area contributed by atoms with Crippen molar-refractivity contribution in [1.29, 1.82) is 0 Å². The van der Waals surface area contributed by atoms with E-state index in [1.807, 2.05) is 12.3 Å². The highest BCUT2D eigenvalue weighted by Gasteiger charge is 2.43. The van der Waals surface area contributed by atoms with Crippen molar-refractivity contribution in [3.8, 4) is 33.2 Å². The van der Waals surface area contributed by atoms with Gasteiger partial charge in [-0.25, -0.2) is 4.98 Å². The quantitative estimate of drug-likeness (QED) is 0.468. The molecule has 0 amide bonds. The van der Waals surface area contributed by atoms with E-state index in [4.69, 9.17) is 0 Å². The van der Waals surface area contributed by atoms with Crippen molar-refractivity contribution < 1.29 is 18.3 Å². The van der Waals surface area contributed by atoms with Crippen molar-refractivity contribution >= 4 is 22.4 Å². The summed E-state index contributed by atoms with van der Waals surface area (Å²) >= 11 is 1.77. The SMILES string of the molecule is FC1(F)Oc2ccc(-c3[nH]nc4ncc(-c5ccc(CN6CCCC6)s5)cc34)cc2O1. The van der Waals surface area contributed by atoms with E-state index >= 15 is 0 Å². The Kier molecular flexibility index (Phi) is 4.22. The van der Waals surface area contributed by atoms with Crippen LogP contribution in [-0.4, -0.2) is 39.5 Å². The maximum Gasteiger partial charge on any atom is 0.586 e. The van der Waals surface area contributed by atoms with E-state index in [1.165, 1.54) is 42.9 Å². The van der Waals surface area contributed by atoms with Crippen molar-refractivity contribution in [2.24, 2.45) is 0 Å². The van der Waals surface area contributed by atoms with Crippen LogP contribution in [0.4, 0.5) is 8.78 Å². The zero-order chi connectivity index (χ0) is 21.0. The summed E-state index contributed by atoms with van der Waals surface area (Å²) in [6.07, 6.45) is 0.732. The molecule has 9 heteroatoms. The number of likely N-dealkylation sites (tertiary alicyclic amines) is 1. The molecule has 0 saturated carbocycles. The number of hydrogen-bond donors (Lipinski definition) is 1. The Morgan fingerprint density at radius 1 is 1.03 bits per heavy atom. The number of pyridine rings is 1. The highest BCUT2D eigenvalue weighted by Crippen LogP contribution is 2.43. The first-order chi connectivity index (χ1) is 15.0. The second-order valence-corrected chi connectivity index (χ2v) is 8.94. The van der Waals surface area contributed by atoms with Gasteiger partial charge < -0.3 is 9.47 Å². The smallest absolute Gasteiger partial charge is 0.395 e. The standard InChI is InChI=1S/C22H18F2N4O2S/c23-22(24)29-17-5-3-13(10-18(17)30-22)20-16-9-14(11-25-21(16)27-26-20)19-6-4-15(31-19)12-28-7-1-2-8-28/h3-6,9-11H,1-2,7-8,12H2,(H,25,26,27). The number of ether oxygens (including phenoxy) is 2. The van der Waals surface area contributed by atoms with Gasteiger partial charge in [-0.1, -0.05) is 0 Å². The van der Waals surface area contributed by atoms with Crippen LogP contribution >= 0.6 is 11.3 Å². The molecule has 5 heterocycles. The van der Waals surface area contributed by atoms with Gasteiger partial charge in [0.05, 0.1) is 5.69 Å². The van der Waals surface area contributed by atoms with Gasteiger partial charge in [-0.3, -0.25) is 10.00 Å². The Morgan fingerprint density at radius 3 is 2.74 bits per heavy atom. The number of halogens is 2. The van der Waals surface area contributed by atoms with E-state index in [9.17, 15) is 8.78 Å². The molecule has 2 aliphatic rings. The van der Waals surface area contributed by atoms with Gasteiger partial charge in [0.2, 0.25) is 0 Å². The lowest BCUT2D eigenvalue weighted by Crippen LogP contribution is -2.25. The number of H-pyrrole nitrogens is 1. The molecule has 158 valence electrons. The summed E-state index contributed by atoms with van der Waals surface area (Å²) in [7, 11) is 0. The van der Waals surface area contributed by atoms with E-state index in [2.05, 4.69) is 41.7 Å². The lowest BCUT2D eigenvalue weighted by molar-refractivity contribution is -0.286. The maximum atomic E-state index is 13.4. The largest absolute Gasteiger partial charge is 0.586 e. The molecule has 0 aliphatic carbocycles. The van der Waals surface area contributed by atoms with Crippen molar-refractivity contribution in [2.75, 3.05) is 13.1 Å². The third-order valence-corrected chi connectivity index (χ3v) is 6.74. The third kappa shape index (κ3) is 3.43. The first kappa shape index (κ1) is 18.7. The van der Waals surface area contributed by atoms with Crippen molar-refractivity contribution in [1.82, 2.24) is 20.1 Å². The third-order valence-electron chi connectivity index (χ3n) is 5.62. The number of aromatic nitrogens is 3. The first-order valence-electron chi connectivity index (χ1n) is 10.1. The van der Waals surface area contributed by atoms with Gasteiger partial charge in [0, 0.05) is 39.0 Å². The molecule has 0 radical (unpaired) electrons. The summed E-state index contributed by atoms with van der Waals surface area (Å²) in [6.45, 7) is 3.32. The molecule has 0 atom stereocenters. The summed E-state index contributed by atoms with van der Waals surface area (Å²) in [5, 5.41) is 8.06. The highest BCUT2D eigenvalue weighted by atomic mass is 32.1. The summed E-state index contributed by atoms with van der Waals surface area (Å²) in [4.78, 5) is 9.44. The van der Waals surface area contributed by atoms with E-state index in [-0.39, 0.29) is 11.5 Å². The molecule has 3 aromatic heterocycles. The molecule has 0 spiro atoms. The Hall–Kier alpha value is -3.04. The average molecular weight is 440 g/mol. The van der Waals surface area contributed by atoms with Crippen LogP contribution < -0.4 is 9.47 Å². The average Bonchev–Trinajstić information content (AvgIpc) is 3.52. The molecule has 1 aromatic carbocycles. The lowest BCUT2D eigenvalue weighted by atomic mass is 10.1. The van der Waals surface area contributed by atoms with E-state index in [0.717, 1.165) is 22.4 Å². The summed E-state index contributed by atoms with van der Waals surface area (Å²) in [5.41, 5.74) is 2.93. The molecule has 0 unspecified atom stereocenters. The van der Waals surface area contributed by atoms with Crippen LogP contribution in [0.15, 0.2) is 42.6 Å². The Bertz CT molecular complexity index is 1280. The topological polar surface area (TPSA) is 63.3 Å². The number of benzene rings is 1. The van der Waals surface area contributed by atoms with Gasteiger partial charge >= 0.3 is 6.29 Å². The number of alkyl halides is 2. The minimum atomic E-state index is -3.64. The van der Waals surface area contributed by atoms with Crippen molar-refractivity contribution in [3.05, 3.63) is 47.5 Å². The summed E-state index contributed by atoms with van der Waals surface area (Å²) < 4.78 is 35.8. The second kappa shape index (κ2) is 7.00. The molecule has 1 fully saturated rings. The number of nitrogens with one attached hydrogen (secondary N) is 1. The number of aromatic amines is 1.